The first kappa shape index (κ1) is 14.5. The fourth-order valence-electron chi connectivity index (χ4n) is 2.29. The molecule has 1 aliphatic rings. The van der Waals surface area contributed by atoms with Crippen molar-refractivity contribution in [1.29, 1.82) is 0 Å². The Bertz CT molecular complexity index is 693. The molecule has 1 heterocycles. The van der Waals surface area contributed by atoms with Crippen LogP contribution in [0.15, 0.2) is 36.4 Å². The highest BCUT2D eigenvalue weighted by Crippen LogP contribution is 2.33. The smallest absolute Gasteiger partial charge is 0.247 e. The summed E-state index contributed by atoms with van der Waals surface area (Å²) in [5, 5.41) is 7.02. The SMILES string of the molecule is O=C(Nc1cc(Cl)c(Cl)cc1Cl)C1Cc2ccccc2N1. The maximum Gasteiger partial charge on any atom is 0.247 e. The second-order valence-corrected chi connectivity index (χ2v) is 6.02. The summed E-state index contributed by atoms with van der Waals surface area (Å²) in [7, 11) is 0. The Morgan fingerprint density at radius 2 is 1.81 bits per heavy atom. The zero-order valence-electron chi connectivity index (χ0n) is 10.8. The van der Waals surface area contributed by atoms with Gasteiger partial charge in [0.25, 0.3) is 0 Å². The quantitative estimate of drug-likeness (QED) is 0.782. The van der Waals surface area contributed by atoms with Crippen LogP contribution in [0.3, 0.4) is 0 Å². The molecule has 108 valence electrons. The molecule has 6 heteroatoms. The largest absolute Gasteiger partial charge is 0.373 e. The molecule has 21 heavy (non-hydrogen) atoms. The van der Waals surface area contributed by atoms with Crippen molar-refractivity contribution < 1.29 is 4.79 Å². The van der Waals surface area contributed by atoms with Gasteiger partial charge in [0.15, 0.2) is 0 Å². The number of hydrogen-bond donors (Lipinski definition) is 2. The predicted octanol–water partition coefficient (Wildman–Crippen LogP) is 4.62. The van der Waals surface area contributed by atoms with Crippen molar-refractivity contribution in [2.24, 2.45) is 0 Å². The van der Waals surface area contributed by atoms with Crippen LogP contribution in [-0.4, -0.2) is 11.9 Å². The van der Waals surface area contributed by atoms with Crippen LogP contribution < -0.4 is 10.6 Å². The average Bonchev–Trinajstić information content (AvgIpc) is 2.88. The van der Waals surface area contributed by atoms with Crippen LogP contribution in [0.4, 0.5) is 11.4 Å². The van der Waals surface area contributed by atoms with E-state index in [-0.39, 0.29) is 11.9 Å². The fraction of sp³-hybridized carbons (Fsp3) is 0.133. The van der Waals surface area contributed by atoms with E-state index in [4.69, 9.17) is 34.8 Å². The molecule has 1 atom stereocenters. The topological polar surface area (TPSA) is 41.1 Å². The summed E-state index contributed by atoms with van der Waals surface area (Å²) in [6.07, 6.45) is 0.640. The summed E-state index contributed by atoms with van der Waals surface area (Å²) in [4.78, 5) is 12.3. The molecule has 3 nitrogen and oxygen atoms in total. The Labute approximate surface area is 137 Å². The Morgan fingerprint density at radius 1 is 1.10 bits per heavy atom. The predicted molar refractivity (Wildman–Crippen MR) is 87.7 cm³/mol. The van der Waals surface area contributed by atoms with E-state index in [0.717, 1.165) is 11.3 Å². The molecule has 0 aromatic heterocycles. The van der Waals surface area contributed by atoms with Gasteiger partial charge >= 0.3 is 0 Å². The van der Waals surface area contributed by atoms with Crippen LogP contribution in [0.25, 0.3) is 0 Å². The number of hydrogen-bond acceptors (Lipinski definition) is 2. The van der Waals surface area contributed by atoms with E-state index in [2.05, 4.69) is 10.6 Å². The molecule has 1 amide bonds. The number of para-hydroxylation sites is 1. The number of carbonyl (C=O) groups excluding carboxylic acids is 1. The molecule has 2 N–H and O–H groups in total. The van der Waals surface area contributed by atoms with Crippen molar-refractivity contribution in [2.75, 3.05) is 10.6 Å². The Kier molecular flexibility index (Phi) is 3.98. The van der Waals surface area contributed by atoms with Crippen LogP contribution in [0.1, 0.15) is 5.56 Å². The molecule has 0 saturated carbocycles. The minimum atomic E-state index is -0.326. The van der Waals surface area contributed by atoms with Crippen LogP contribution in [0, 0.1) is 0 Å². The molecular weight excluding hydrogens is 331 g/mol. The first-order chi connectivity index (χ1) is 10.0. The molecule has 1 aliphatic heterocycles. The lowest BCUT2D eigenvalue weighted by Crippen LogP contribution is -2.32. The molecule has 0 fully saturated rings. The van der Waals surface area contributed by atoms with Gasteiger partial charge in [-0.2, -0.15) is 0 Å². The van der Waals surface area contributed by atoms with Crippen LogP contribution in [-0.2, 0) is 11.2 Å². The maximum absolute atomic E-state index is 12.3. The monoisotopic (exact) mass is 340 g/mol. The molecule has 2 aromatic rings. The summed E-state index contributed by atoms with van der Waals surface area (Å²) >= 11 is 17.9. The lowest BCUT2D eigenvalue weighted by atomic mass is 10.1. The number of anilines is 2. The van der Waals surface area contributed by atoms with Crippen LogP contribution >= 0.6 is 34.8 Å². The summed E-state index contributed by atoms with van der Waals surface area (Å²) < 4.78 is 0. The number of carbonyl (C=O) groups is 1. The molecular formula is C15H11Cl3N2O. The summed E-state index contributed by atoms with van der Waals surface area (Å²) in [6, 6.07) is 10.6. The zero-order valence-corrected chi connectivity index (χ0v) is 13.1. The molecule has 3 rings (SSSR count). The van der Waals surface area contributed by atoms with Gasteiger partial charge in [0.2, 0.25) is 5.91 Å². The fourth-order valence-corrected chi connectivity index (χ4v) is 2.89. The minimum absolute atomic E-state index is 0.161. The van der Waals surface area contributed by atoms with Gasteiger partial charge in [-0.3, -0.25) is 4.79 Å². The van der Waals surface area contributed by atoms with Crippen molar-refractivity contribution >= 4 is 52.1 Å². The molecule has 0 radical (unpaired) electrons. The first-order valence-corrected chi connectivity index (χ1v) is 7.48. The summed E-state index contributed by atoms with van der Waals surface area (Å²) in [5.41, 5.74) is 2.56. The van der Waals surface area contributed by atoms with E-state index in [1.54, 1.807) is 6.07 Å². The molecule has 0 aliphatic carbocycles. The third-order valence-corrected chi connectivity index (χ3v) is 4.39. The zero-order chi connectivity index (χ0) is 15.0. The molecule has 0 saturated heterocycles. The maximum atomic E-state index is 12.3. The van der Waals surface area contributed by atoms with Crippen LogP contribution in [0.5, 0.6) is 0 Å². The Balaban J connectivity index is 1.75. The van der Waals surface area contributed by atoms with Gasteiger partial charge in [0.05, 0.1) is 20.8 Å². The number of benzene rings is 2. The normalized spacial score (nSPS) is 16.2. The number of fused-ring (bicyclic) bond motifs is 1. The standard InChI is InChI=1S/C15H11Cl3N2O/c16-9-6-11(18)13(7-10(9)17)20-15(21)14-5-8-3-1-2-4-12(8)19-14/h1-4,6-7,14,19H,5H2,(H,20,21). The van der Waals surface area contributed by atoms with E-state index in [1.807, 2.05) is 24.3 Å². The summed E-state index contributed by atoms with van der Waals surface area (Å²) in [5.74, 6) is -0.161. The Hall–Kier alpha value is -1.42. The molecule has 0 spiro atoms. The third-order valence-electron chi connectivity index (χ3n) is 3.36. The van der Waals surface area contributed by atoms with Gasteiger partial charge < -0.3 is 10.6 Å². The highest BCUT2D eigenvalue weighted by atomic mass is 35.5. The molecule has 2 aromatic carbocycles. The van der Waals surface area contributed by atoms with Gasteiger partial charge in [-0.05, 0) is 23.8 Å². The number of amides is 1. The lowest BCUT2D eigenvalue weighted by molar-refractivity contribution is -0.116. The van der Waals surface area contributed by atoms with Crippen LogP contribution in [0.2, 0.25) is 15.1 Å². The van der Waals surface area contributed by atoms with E-state index in [0.29, 0.717) is 27.2 Å². The number of halogens is 3. The van der Waals surface area contributed by atoms with Gasteiger partial charge in [0.1, 0.15) is 6.04 Å². The average molecular weight is 342 g/mol. The van der Waals surface area contributed by atoms with E-state index in [9.17, 15) is 4.79 Å². The molecule has 0 bridgehead atoms. The number of nitrogens with one attached hydrogen (secondary N) is 2. The highest BCUT2D eigenvalue weighted by Gasteiger charge is 2.26. The lowest BCUT2D eigenvalue weighted by Gasteiger charge is -2.13. The van der Waals surface area contributed by atoms with Crippen molar-refractivity contribution in [2.45, 2.75) is 12.5 Å². The first-order valence-electron chi connectivity index (χ1n) is 6.34. The van der Waals surface area contributed by atoms with Gasteiger partial charge in [-0.15, -0.1) is 0 Å². The number of rotatable bonds is 2. The van der Waals surface area contributed by atoms with Crippen molar-refractivity contribution in [3.63, 3.8) is 0 Å². The highest BCUT2D eigenvalue weighted by molar-refractivity contribution is 6.44. The summed E-state index contributed by atoms with van der Waals surface area (Å²) in [6.45, 7) is 0. The third kappa shape index (κ3) is 2.95. The van der Waals surface area contributed by atoms with Crippen molar-refractivity contribution in [3.05, 3.63) is 57.0 Å². The van der Waals surface area contributed by atoms with Gasteiger partial charge in [0, 0.05) is 12.1 Å². The van der Waals surface area contributed by atoms with E-state index >= 15 is 0 Å². The Morgan fingerprint density at radius 3 is 2.57 bits per heavy atom. The van der Waals surface area contributed by atoms with Crippen molar-refractivity contribution in [3.8, 4) is 0 Å². The molecule has 1 unspecified atom stereocenters. The minimum Gasteiger partial charge on any atom is -0.373 e. The second kappa shape index (κ2) is 5.76. The van der Waals surface area contributed by atoms with Gasteiger partial charge in [-0.25, -0.2) is 0 Å². The van der Waals surface area contributed by atoms with Crippen molar-refractivity contribution in [1.82, 2.24) is 0 Å². The van der Waals surface area contributed by atoms with E-state index < -0.39 is 0 Å². The van der Waals surface area contributed by atoms with E-state index in [1.165, 1.54) is 6.07 Å². The van der Waals surface area contributed by atoms with Gasteiger partial charge in [-0.1, -0.05) is 53.0 Å². The second-order valence-electron chi connectivity index (χ2n) is 4.79.